The van der Waals surface area contributed by atoms with Crippen molar-refractivity contribution in [3.63, 3.8) is 0 Å². The third-order valence-electron chi connectivity index (χ3n) is 3.38. The van der Waals surface area contributed by atoms with E-state index in [1.54, 1.807) is 0 Å². The average molecular weight is 380 g/mol. The number of fused-ring (bicyclic) bond motifs is 1. The quantitative estimate of drug-likeness (QED) is 0.322. The molecule has 1 aliphatic carbocycles. The van der Waals surface area contributed by atoms with Gasteiger partial charge in [0.15, 0.2) is 0 Å². The van der Waals surface area contributed by atoms with E-state index in [0.29, 0.717) is 39.6 Å². The Morgan fingerprint density at radius 3 is 2.07 bits per heavy atom. The molecule has 150 valence electrons. The molecule has 1 aliphatic rings. The number of hydrogen-bond donors (Lipinski definition) is 2. The van der Waals surface area contributed by atoms with Gasteiger partial charge in [-0.1, -0.05) is 36.9 Å². The van der Waals surface area contributed by atoms with E-state index in [2.05, 4.69) is 6.58 Å². The Hall–Kier alpha value is -2.03. The molecular weight excluding hydrogens is 352 g/mol. The molecule has 0 saturated carbocycles. The molecule has 0 fully saturated rings. The Bertz CT molecular complexity index is 561. The molecule has 27 heavy (non-hydrogen) atoms. The number of aliphatic hydroxyl groups excluding tert-OH is 2. The van der Waals surface area contributed by atoms with E-state index in [1.165, 1.54) is 6.08 Å². The SMILES string of the molecule is C=CC(=O)OC1C=Cc2ccccc21.OCCOCCOCCOCCO. The minimum absolute atomic E-state index is 0.0413. The van der Waals surface area contributed by atoms with Gasteiger partial charge in [-0.2, -0.15) is 0 Å². The molecule has 7 heteroatoms. The zero-order valence-electron chi connectivity index (χ0n) is 15.4. The van der Waals surface area contributed by atoms with Crippen molar-refractivity contribution < 1.29 is 34.0 Å². The fourth-order valence-corrected chi connectivity index (χ4v) is 2.16. The molecular formula is C20H28O7. The predicted molar refractivity (Wildman–Crippen MR) is 101 cm³/mol. The topological polar surface area (TPSA) is 94.5 Å². The van der Waals surface area contributed by atoms with Crippen molar-refractivity contribution in [2.45, 2.75) is 6.10 Å². The second-order valence-electron chi connectivity index (χ2n) is 5.33. The van der Waals surface area contributed by atoms with Gasteiger partial charge >= 0.3 is 5.97 Å². The second-order valence-corrected chi connectivity index (χ2v) is 5.33. The number of esters is 1. The maximum Gasteiger partial charge on any atom is 0.331 e. The van der Waals surface area contributed by atoms with Crippen molar-refractivity contribution in [3.05, 3.63) is 54.1 Å². The highest BCUT2D eigenvalue weighted by Gasteiger charge is 2.18. The van der Waals surface area contributed by atoms with Gasteiger partial charge in [-0.15, -0.1) is 0 Å². The van der Waals surface area contributed by atoms with E-state index in [-0.39, 0.29) is 19.3 Å². The summed E-state index contributed by atoms with van der Waals surface area (Å²) in [5, 5.41) is 16.7. The van der Waals surface area contributed by atoms with Gasteiger partial charge in [0.1, 0.15) is 6.10 Å². The summed E-state index contributed by atoms with van der Waals surface area (Å²) in [5.74, 6) is -0.392. The molecule has 0 radical (unpaired) electrons. The minimum Gasteiger partial charge on any atom is -0.450 e. The Kier molecular flexibility index (Phi) is 12.8. The van der Waals surface area contributed by atoms with Crippen LogP contribution in [0, 0.1) is 0 Å². The summed E-state index contributed by atoms with van der Waals surface area (Å²) in [4.78, 5) is 11.0. The van der Waals surface area contributed by atoms with Crippen molar-refractivity contribution in [1.82, 2.24) is 0 Å². The van der Waals surface area contributed by atoms with E-state index >= 15 is 0 Å². The van der Waals surface area contributed by atoms with Crippen LogP contribution >= 0.6 is 0 Å². The number of aliphatic hydroxyl groups is 2. The average Bonchev–Trinajstić information content (AvgIpc) is 3.10. The normalized spacial score (nSPS) is 14.2. The van der Waals surface area contributed by atoms with Crippen molar-refractivity contribution in [2.24, 2.45) is 0 Å². The summed E-state index contributed by atoms with van der Waals surface area (Å²) >= 11 is 0. The lowest BCUT2D eigenvalue weighted by molar-refractivity contribution is -0.141. The summed E-state index contributed by atoms with van der Waals surface area (Å²) in [6, 6.07) is 7.84. The van der Waals surface area contributed by atoms with Crippen LogP contribution in [0.15, 0.2) is 43.0 Å². The largest absolute Gasteiger partial charge is 0.450 e. The maximum absolute atomic E-state index is 11.0. The van der Waals surface area contributed by atoms with Gasteiger partial charge in [-0.25, -0.2) is 4.79 Å². The summed E-state index contributed by atoms with van der Waals surface area (Å²) in [6.45, 7) is 6.12. The molecule has 0 saturated heterocycles. The van der Waals surface area contributed by atoms with Crippen molar-refractivity contribution in [2.75, 3.05) is 52.9 Å². The molecule has 0 amide bonds. The first kappa shape index (κ1) is 23.0. The fourth-order valence-electron chi connectivity index (χ4n) is 2.16. The third-order valence-corrected chi connectivity index (χ3v) is 3.38. The first-order valence-corrected chi connectivity index (χ1v) is 8.78. The first-order chi connectivity index (χ1) is 13.2. The molecule has 7 nitrogen and oxygen atoms in total. The highest BCUT2D eigenvalue weighted by Crippen LogP contribution is 2.30. The number of ether oxygens (including phenoxy) is 4. The Morgan fingerprint density at radius 1 is 0.963 bits per heavy atom. The van der Waals surface area contributed by atoms with E-state index in [4.69, 9.17) is 29.2 Å². The lowest BCUT2D eigenvalue weighted by Crippen LogP contribution is -2.11. The van der Waals surface area contributed by atoms with Crippen LogP contribution in [-0.2, 0) is 23.7 Å². The van der Waals surface area contributed by atoms with Gasteiger partial charge in [-0.3, -0.25) is 0 Å². The molecule has 0 aromatic heterocycles. The zero-order chi connectivity index (χ0) is 19.7. The van der Waals surface area contributed by atoms with Crippen LogP contribution in [0.2, 0.25) is 0 Å². The van der Waals surface area contributed by atoms with E-state index < -0.39 is 5.97 Å². The van der Waals surface area contributed by atoms with Crippen LogP contribution in [0.3, 0.4) is 0 Å². The Morgan fingerprint density at radius 2 is 1.52 bits per heavy atom. The number of carbonyl (C=O) groups excluding carboxylic acids is 1. The van der Waals surface area contributed by atoms with Crippen LogP contribution in [0.5, 0.6) is 0 Å². The van der Waals surface area contributed by atoms with Gasteiger partial charge in [0.05, 0.1) is 52.9 Å². The van der Waals surface area contributed by atoms with Gasteiger partial charge in [0.25, 0.3) is 0 Å². The zero-order valence-corrected chi connectivity index (χ0v) is 15.4. The third kappa shape index (κ3) is 10.0. The van der Waals surface area contributed by atoms with Gasteiger partial charge in [0.2, 0.25) is 0 Å². The summed E-state index contributed by atoms with van der Waals surface area (Å²) in [6.07, 6.45) is 4.74. The van der Waals surface area contributed by atoms with Crippen molar-refractivity contribution in [1.29, 1.82) is 0 Å². The van der Waals surface area contributed by atoms with E-state index in [0.717, 1.165) is 11.1 Å². The smallest absolute Gasteiger partial charge is 0.331 e. The first-order valence-electron chi connectivity index (χ1n) is 8.78. The van der Waals surface area contributed by atoms with Crippen LogP contribution < -0.4 is 0 Å². The molecule has 0 bridgehead atoms. The summed E-state index contributed by atoms with van der Waals surface area (Å²) in [5.41, 5.74) is 2.14. The van der Waals surface area contributed by atoms with Gasteiger partial charge < -0.3 is 29.2 Å². The molecule has 1 unspecified atom stereocenters. The number of carbonyl (C=O) groups is 1. The van der Waals surface area contributed by atoms with Crippen molar-refractivity contribution in [3.8, 4) is 0 Å². The van der Waals surface area contributed by atoms with Crippen LogP contribution in [0.4, 0.5) is 0 Å². The molecule has 0 heterocycles. The second kappa shape index (κ2) is 15.1. The lowest BCUT2D eigenvalue weighted by Gasteiger charge is -2.10. The Labute approximate surface area is 159 Å². The monoisotopic (exact) mass is 380 g/mol. The number of hydrogen-bond acceptors (Lipinski definition) is 7. The molecule has 1 aromatic carbocycles. The minimum atomic E-state index is -0.392. The highest BCUT2D eigenvalue weighted by molar-refractivity contribution is 5.82. The summed E-state index contributed by atoms with van der Waals surface area (Å²) < 4.78 is 20.2. The molecule has 1 aromatic rings. The van der Waals surface area contributed by atoms with Crippen LogP contribution in [0.1, 0.15) is 17.2 Å². The molecule has 2 rings (SSSR count). The molecule has 1 atom stereocenters. The summed E-state index contributed by atoms with van der Waals surface area (Å²) in [7, 11) is 0. The molecule has 2 N–H and O–H groups in total. The van der Waals surface area contributed by atoms with Crippen molar-refractivity contribution >= 4 is 12.0 Å². The molecule has 0 spiro atoms. The number of benzene rings is 1. The number of rotatable bonds is 12. The predicted octanol–water partition coefficient (Wildman–Crippen LogP) is 1.50. The lowest BCUT2D eigenvalue weighted by atomic mass is 10.1. The van der Waals surface area contributed by atoms with Crippen LogP contribution in [-0.4, -0.2) is 69.0 Å². The van der Waals surface area contributed by atoms with E-state index in [1.807, 2.05) is 36.4 Å². The maximum atomic E-state index is 11.0. The molecule has 0 aliphatic heterocycles. The van der Waals surface area contributed by atoms with Crippen LogP contribution in [0.25, 0.3) is 6.08 Å². The van der Waals surface area contributed by atoms with Gasteiger partial charge in [-0.05, 0) is 11.6 Å². The standard InChI is InChI=1S/C12H10O2.C8H18O5/c1-2-12(13)14-11-8-7-9-5-3-4-6-10(9)11;9-1-3-11-5-7-13-8-6-12-4-2-10/h2-8,11H,1H2;9-10H,1-8H2. The highest BCUT2D eigenvalue weighted by atomic mass is 16.5. The van der Waals surface area contributed by atoms with Gasteiger partial charge in [0, 0.05) is 11.6 Å². The van der Waals surface area contributed by atoms with E-state index in [9.17, 15) is 4.79 Å². The Balaban J connectivity index is 0.000000271. The fraction of sp³-hybridized carbons (Fsp3) is 0.450.